The molecule has 0 N–H and O–H groups in total. The normalized spacial score (nSPS) is 12.0. The van der Waals surface area contributed by atoms with Crippen LogP contribution in [0.3, 0.4) is 0 Å². The molecule has 0 radical (unpaired) electrons. The summed E-state index contributed by atoms with van der Waals surface area (Å²) in [7, 11) is 0. The average molecular weight is 320 g/mol. The molecule has 0 bridgehead atoms. The van der Waals surface area contributed by atoms with Crippen molar-refractivity contribution in [2.75, 3.05) is 6.61 Å². The van der Waals surface area contributed by atoms with Crippen LogP contribution in [0.25, 0.3) is 0 Å². The maximum Gasteiger partial charge on any atom is 0.419 e. The van der Waals surface area contributed by atoms with Gasteiger partial charge in [0.25, 0.3) is 0 Å². The predicted molar refractivity (Wildman–Crippen MR) is 75.1 cm³/mol. The second-order valence-electron chi connectivity index (χ2n) is 5.41. The molecule has 0 atom stereocenters. The van der Waals surface area contributed by atoms with Crippen LogP contribution in [0.1, 0.15) is 37.8 Å². The van der Waals surface area contributed by atoms with Crippen LogP contribution in [-0.2, 0) is 12.1 Å². The maximum atomic E-state index is 13.0. The summed E-state index contributed by atoms with van der Waals surface area (Å²) in [4.78, 5) is 0. The standard InChI is InChI=1S/C15H17ClF3NO/c1-14(2,10-20)6-3-7-21-13-5-4-11(9-16)8-12(13)15(17,18)19/h4-5,8H,3,6-7,9H2,1-2H3. The summed E-state index contributed by atoms with van der Waals surface area (Å²) < 4.78 is 44.1. The number of hydrogen-bond donors (Lipinski definition) is 0. The van der Waals surface area contributed by atoms with Crippen molar-refractivity contribution in [3.8, 4) is 11.8 Å². The van der Waals surface area contributed by atoms with Crippen LogP contribution in [-0.4, -0.2) is 6.61 Å². The summed E-state index contributed by atoms with van der Waals surface area (Å²) in [5.41, 5.74) is -0.930. The Morgan fingerprint density at radius 3 is 2.48 bits per heavy atom. The van der Waals surface area contributed by atoms with E-state index in [0.717, 1.165) is 6.07 Å². The Balaban J connectivity index is 2.73. The number of nitriles is 1. The third-order valence-electron chi connectivity index (χ3n) is 3.01. The molecule has 0 aliphatic carbocycles. The van der Waals surface area contributed by atoms with Gasteiger partial charge >= 0.3 is 6.18 Å². The average Bonchev–Trinajstić information content (AvgIpc) is 2.42. The highest BCUT2D eigenvalue weighted by molar-refractivity contribution is 6.17. The minimum Gasteiger partial charge on any atom is -0.493 e. The van der Waals surface area contributed by atoms with Crippen LogP contribution < -0.4 is 4.74 Å². The number of rotatable bonds is 6. The topological polar surface area (TPSA) is 33.0 Å². The zero-order valence-corrected chi connectivity index (χ0v) is 12.7. The summed E-state index contributed by atoms with van der Waals surface area (Å²) >= 11 is 5.56. The van der Waals surface area contributed by atoms with Crippen LogP contribution in [0.2, 0.25) is 0 Å². The van der Waals surface area contributed by atoms with E-state index in [1.807, 2.05) is 0 Å². The van der Waals surface area contributed by atoms with E-state index in [1.165, 1.54) is 12.1 Å². The number of ether oxygens (including phenoxy) is 1. The third-order valence-corrected chi connectivity index (χ3v) is 3.32. The highest BCUT2D eigenvalue weighted by Gasteiger charge is 2.34. The molecule has 0 aromatic heterocycles. The molecule has 21 heavy (non-hydrogen) atoms. The van der Waals surface area contributed by atoms with Gasteiger partial charge in [0.1, 0.15) is 5.75 Å². The monoisotopic (exact) mass is 319 g/mol. The van der Waals surface area contributed by atoms with Crippen molar-refractivity contribution >= 4 is 11.6 Å². The summed E-state index contributed by atoms with van der Waals surface area (Å²) in [6.07, 6.45) is -3.41. The SMILES string of the molecule is CC(C)(C#N)CCCOc1ccc(CCl)cc1C(F)(F)F. The lowest BCUT2D eigenvalue weighted by Gasteiger charge is -2.17. The summed E-state index contributed by atoms with van der Waals surface area (Å²) in [6, 6.07) is 5.94. The molecule has 1 rings (SSSR count). The Hall–Kier alpha value is -1.41. The van der Waals surface area contributed by atoms with E-state index in [-0.39, 0.29) is 18.2 Å². The lowest BCUT2D eigenvalue weighted by Crippen LogP contribution is -2.12. The first-order valence-electron chi connectivity index (χ1n) is 6.50. The molecule has 1 aromatic rings. The quantitative estimate of drug-likeness (QED) is 0.536. The molecule has 116 valence electrons. The number of benzene rings is 1. The minimum absolute atomic E-state index is 0.0136. The molecule has 0 fully saturated rings. The van der Waals surface area contributed by atoms with Gasteiger partial charge in [-0.3, -0.25) is 0 Å². The Bertz CT molecular complexity index is 521. The van der Waals surface area contributed by atoms with E-state index in [0.29, 0.717) is 18.4 Å². The van der Waals surface area contributed by atoms with Crippen molar-refractivity contribution in [1.29, 1.82) is 5.26 Å². The number of halogens is 4. The van der Waals surface area contributed by atoms with E-state index in [1.54, 1.807) is 13.8 Å². The second kappa shape index (κ2) is 7.04. The van der Waals surface area contributed by atoms with E-state index in [2.05, 4.69) is 6.07 Å². The first-order valence-corrected chi connectivity index (χ1v) is 7.03. The second-order valence-corrected chi connectivity index (χ2v) is 5.68. The molecule has 0 spiro atoms. The lowest BCUT2D eigenvalue weighted by atomic mass is 9.90. The zero-order chi connectivity index (χ0) is 16.1. The van der Waals surface area contributed by atoms with Gasteiger partial charge in [0.2, 0.25) is 0 Å². The zero-order valence-electron chi connectivity index (χ0n) is 11.9. The fourth-order valence-corrected chi connectivity index (χ4v) is 1.93. The largest absolute Gasteiger partial charge is 0.493 e. The highest BCUT2D eigenvalue weighted by Crippen LogP contribution is 2.37. The molecule has 0 heterocycles. The van der Waals surface area contributed by atoms with Crippen molar-refractivity contribution in [2.45, 2.75) is 38.7 Å². The van der Waals surface area contributed by atoms with Gasteiger partial charge in [-0.2, -0.15) is 18.4 Å². The van der Waals surface area contributed by atoms with Crippen molar-refractivity contribution in [2.24, 2.45) is 5.41 Å². The third kappa shape index (κ3) is 5.47. The van der Waals surface area contributed by atoms with Gasteiger partial charge in [-0.1, -0.05) is 6.07 Å². The fraction of sp³-hybridized carbons (Fsp3) is 0.533. The number of nitrogens with zero attached hydrogens (tertiary/aromatic N) is 1. The molecule has 0 saturated heterocycles. The first kappa shape index (κ1) is 17.6. The Morgan fingerprint density at radius 1 is 1.29 bits per heavy atom. The molecule has 6 heteroatoms. The summed E-state index contributed by atoms with van der Waals surface area (Å²) in [6.45, 7) is 3.70. The molecule has 1 aromatic carbocycles. The lowest BCUT2D eigenvalue weighted by molar-refractivity contribution is -0.139. The molecule has 0 aliphatic rings. The van der Waals surface area contributed by atoms with Crippen LogP contribution in [0.4, 0.5) is 13.2 Å². The summed E-state index contributed by atoms with van der Waals surface area (Å²) in [5.74, 6) is -0.189. The van der Waals surface area contributed by atoms with Crippen molar-refractivity contribution in [1.82, 2.24) is 0 Å². The van der Waals surface area contributed by atoms with Crippen molar-refractivity contribution in [3.63, 3.8) is 0 Å². The van der Waals surface area contributed by atoms with E-state index in [9.17, 15) is 13.2 Å². The number of hydrogen-bond acceptors (Lipinski definition) is 2. The molecular weight excluding hydrogens is 303 g/mol. The first-order chi connectivity index (χ1) is 9.69. The van der Waals surface area contributed by atoms with E-state index >= 15 is 0 Å². The van der Waals surface area contributed by atoms with Crippen LogP contribution >= 0.6 is 11.6 Å². The Kier molecular flexibility index (Phi) is 5.91. The predicted octanol–water partition coefficient (Wildman–Crippen LogP) is 5.15. The van der Waals surface area contributed by atoms with Gasteiger partial charge in [-0.25, -0.2) is 0 Å². The molecule has 0 amide bonds. The van der Waals surface area contributed by atoms with Gasteiger partial charge in [-0.05, 0) is 44.4 Å². The van der Waals surface area contributed by atoms with E-state index in [4.69, 9.17) is 21.6 Å². The van der Waals surface area contributed by atoms with Crippen LogP contribution in [0.15, 0.2) is 18.2 Å². The maximum absolute atomic E-state index is 13.0. The minimum atomic E-state index is -4.48. The molecular formula is C15H17ClF3NO. The van der Waals surface area contributed by atoms with Gasteiger partial charge in [-0.15, -0.1) is 11.6 Å². The van der Waals surface area contributed by atoms with Crippen molar-refractivity contribution in [3.05, 3.63) is 29.3 Å². The molecule has 0 aliphatic heterocycles. The van der Waals surface area contributed by atoms with Crippen molar-refractivity contribution < 1.29 is 17.9 Å². The fourth-order valence-electron chi connectivity index (χ4n) is 1.76. The highest BCUT2D eigenvalue weighted by atomic mass is 35.5. The smallest absolute Gasteiger partial charge is 0.419 e. The van der Waals surface area contributed by atoms with Gasteiger partial charge in [0, 0.05) is 5.88 Å². The van der Waals surface area contributed by atoms with Gasteiger partial charge in [0.05, 0.1) is 23.7 Å². The van der Waals surface area contributed by atoms with Gasteiger partial charge < -0.3 is 4.74 Å². The number of alkyl halides is 4. The molecule has 0 unspecified atom stereocenters. The van der Waals surface area contributed by atoms with Crippen LogP contribution in [0.5, 0.6) is 5.75 Å². The van der Waals surface area contributed by atoms with E-state index < -0.39 is 17.2 Å². The van der Waals surface area contributed by atoms with Crippen LogP contribution in [0, 0.1) is 16.7 Å². The Labute approximate surface area is 127 Å². The summed E-state index contributed by atoms with van der Waals surface area (Å²) in [5, 5.41) is 8.87. The van der Waals surface area contributed by atoms with Gasteiger partial charge in [0.15, 0.2) is 0 Å². The molecule has 2 nitrogen and oxygen atoms in total. The Morgan fingerprint density at radius 2 is 1.95 bits per heavy atom. The molecule has 0 saturated carbocycles.